The summed E-state index contributed by atoms with van der Waals surface area (Å²) in [4.78, 5) is 30.2. The first-order valence-electron chi connectivity index (χ1n) is 12.5. The minimum Gasteiger partial charge on any atom is -0.402 e. The number of alkyl halides is 12. The number of nitrogens with one attached hydrogen (secondary N) is 2. The van der Waals surface area contributed by atoms with Crippen LogP contribution in [0.1, 0.15) is 43.0 Å². The van der Waals surface area contributed by atoms with Gasteiger partial charge in [0.05, 0.1) is 38.9 Å². The van der Waals surface area contributed by atoms with Gasteiger partial charge >= 0.3 is 30.7 Å². The van der Waals surface area contributed by atoms with Crippen molar-refractivity contribution in [2.75, 3.05) is 0 Å². The molecule has 48 heavy (non-hydrogen) atoms. The molecule has 0 aliphatic heterocycles. The van der Waals surface area contributed by atoms with Gasteiger partial charge in [0.15, 0.2) is 5.82 Å². The molecule has 0 amide bonds. The Kier molecular flexibility index (Phi) is 9.58. The largest absolute Gasteiger partial charge is 0.417 e. The van der Waals surface area contributed by atoms with Gasteiger partial charge in [0, 0.05) is 11.6 Å². The fourth-order valence-corrected chi connectivity index (χ4v) is 4.20. The van der Waals surface area contributed by atoms with Crippen molar-refractivity contribution in [2.24, 2.45) is 0 Å². The number of carbonyl (C=O) groups excluding carboxylic acids is 2. The topological polar surface area (TPSA) is 101 Å². The molecule has 5 rings (SSSR count). The maximum Gasteiger partial charge on any atom is 0.417 e. The molecule has 0 atom stereocenters. The van der Waals surface area contributed by atoms with Crippen molar-refractivity contribution in [2.45, 2.75) is 24.7 Å². The fourth-order valence-electron chi connectivity index (χ4n) is 4.04. The second kappa shape index (κ2) is 12.9. The van der Waals surface area contributed by atoms with Gasteiger partial charge in [-0.25, -0.2) is 9.78 Å². The molecule has 0 aliphatic carbocycles. The number of halogens is 13. The molecule has 20 heteroatoms. The first-order valence-corrected chi connectivity index (χ1v) is 12.9. The van der Waals surface area contributed by atoms with Crippen LogP contribution in [-0.2, 0) is 24.7 Å². The molecule has 0 bridgehead atoms. The zero-order valence-corrected chi connectivity index (χ0v) is 23.6. The number of nitrogens with zero attached hydrogens (tertiary/aromatic N) is 2. The lowest BCUT2D eigenvalue weighted by atomic mass is 10.0. The lowest BCUT2D eigenvalue weighted by Crippen LogP contribution is -2.19. The number of aromatic nitrogens is 4. The number of hydrogen-bond donors (Lipinski definition) is 2. The minimum atomic E-state index is -5.31. The summed E-state index contributed by atoms with van der Waals surface area (Å²) in [5, 5.41) is 4.63. The van der Waals surface area contributed by atoms with Crippen LogP contribution in [0.2, 0.25) is 0 Å². The van der Waals surface area contributed by atoms with Gasteiger partial charge < -0.3 is 9.72 Å². The van der Waals surface area contributed by atoms with Gasteiger partial charge in [-0.2, -0.15) is 52.7 Å². The van der Waals surface area contributed by atoms with Crippen molar-refractivity contribution in [3.63, 3.8) is 0 Å². The summed E-state index contributed by atoms with van der Waals surface area (Å²) in [5.41, 5.74) is -7.73. The Bertz CT molecular complexity index is 1910. The van der Waals surface area contributed by atoms with E-state index in [9.17, 15) is 62.3 Å². The Morgan fingerprint density at radius 3 is 1.83 bits per heavy atom. The predicted molar refractivity (Wildman–Crippen MR) is 142 cm³/mol. The van der Waals surface area contributed by atoms with Crippen LogP contribution in [0.4, 0.5) is 52.7 Å². The van der Waals surface area contributed by atoms with Crippen LogP contribution in [0.5, 0.6) is 5.88 Å². The number of rotatable bonds is 4. The van der Waals surface area contributed by atoms with E-state index in [2.05, 4.69) is 20.2 Å². The maximum atomic E-state index is 13.0. The third kappa shape index (κ3) is 8.25. The number of benzene rings is 3. The SMILES string of the molecule is O=C(Cl)c1cccc(C(F)(F)F)c1C(F)(F)F.O=C(Oc1cc(-c2nc3ccccc3[nH]2)[nH]n1)c1cc(C(F)(F)F)cc(C(F)(F)F)c1. The average molecular weight is 717 g/mol. The van der Waals surface area contributed by atoms with Gasteiger partial charge in [-0.3, -0.25) is 9.89 Å². The molecule has 5 aromatic rings. The Hall–Kier alpha value is -5.07. The highest BCUT2D eigenvalue weighted by atomic mass is 35.5. The van der Waals surface area contributed by atoms with E-state index in [1.165, 1.54) is 6.07 Å². The van der Waals surface area contributed by atoms with E-state index in [1.54, 1.807) is 24.3 Å². The van der Waals surface area contributed by atoms with Crippen molar-refractivity contribution >= 4 is 33.8 Å². The number of carbonyl (C=O) groups is 2. The lowest BCUT2D eigenvalue weighted by molar-refractivity contribution is -0.162. The molecule has 0 spiro atoms. The Labute approximate surface area is 263 Å². The molecule has 2 N–H and O–H groups in total. The number of aromatic amines is 2. The van der Waals surface area contributed by atoms with Gasteiger partial charge in [-0.15, -0.1) is 5.10 Å². The molecule has 0 unspecified atom stereocenters. The third-order valence-electron chi connectivity index (χ3n) is 6.08. The Balaban J connectivity index is 0.000000260. The van der Waals surface area contributed by atoms with Crippen molar-refractivity contribution in [1.82, 2.24) is 20.2 Å². The van der Waals surface area contributed by atoms with Gasteiger partial charge in [-0.05, 0) is 54.1 Å². The number of imidazole rings is 1. The van der Waals surface area contributed by atoms with Gasteiger partial charge in [0.2, 0.25) is 5.88 Å². The van der Waals surface area contributed by atoms with E-state index in [4.69, 9.17) is 16.3 Å². The van der Waals surface area contributed by atoms with Crippen LogP contribution < -0.4 is 4.74 Å². The average Bonchev–Trinajstić information content (AvgIpc) is 3.62. The molecule has 3 aromatic carbocycles. The summed E-state index contributed by atoms with van der Waals surface area (Å²) >= 11 is 4.83. The Morgan fingerprint density at radius 1 is 0.708 bits per heavy atom. The minimum absolute atomic E-state index is 0.0784. The van der Waals surface area contributed by atoms with E-state index >= 15 is 0 Å². The number of para-hydroxylation sites is 2. The molecule has 254 valence electrons. The second-order valence-electron chi connectivity index (χ2n) is 9.40. The first kappa shape index (κ1) is 35.8. The highest BCUT2D eigenvalue weighted by Crippen LogP contribution is 2.42. The molecule has 7 nitrogen and oxygen atoms in total. The molecular weight excluding hydrogens is 704 g/mol. The van der Waals surface area contributed by atoms with Crippen LogP contribution in [0.25, 0.3) is 22.6 Å². The van der Waals surface area contributed by atoms with E-state index in [-0.39, 0.29) is 30.1 Å². The number of fused-ring (bicyclic) bond motifs is 1. The number of H-pyrrole nitrogens is 2. The lowest BCUT2D eigenvalue weighted by Gasteiger charge is -2.17. The zero-order chi connectivity index (χ0) is 35.8. The maximum absolute atomic E-state index is 13.0. The number of hydrogen-bond acceptors (Lipinski definition) is 5. The van der Waals surface area contributed by atoms with E-state index in [0.717, 1.165) is 0 Å². The zero-order valence-electron chi connectivity index (χ0n) is 22.9. The predicted octanol–water partition coefficient (Wildman–Crippen LogP) is 9.31. The monoisotopic (exact) mass is 716 g/mol. The van der Waals surface area contributed by atoms with Crippen LogP contribution >= 0.6 is 11.6 Å². The summed E-state index contributed by atoms with van der Waals surface area (Å²) in [6.07, 6.45) is -20.7. The molecule has 0 fully saturated rings. The van der Waals surface area contributed by atoms with Crippen LogP contribution in [0, 0.1) is 0 Å². The summed E-state index contributed by atoms with van der Waals surface area (Å²) in [6.45, 7) is 0. The molecule has 0 radical (unpaired) electrons. The molecular formula is C28H13ClF12N4O3. The molecule has 0 saturated heterocycles. The summed E-state index contributed by atoms with van der Waals surface area (Å²) in [7, 11) is 0. The van der Waals surface area contributed by atoms with Crippen LogP contribution in [0.3, 0.4) is 0 Å². The molecule has 2 aromatic heterocycles. The van der Waals surface area contributed by atoms with Crippen LogP contribution in [0.15, 0.2) is 66.7 Å². The highest BCUT2D eigenvalue weighted by molar-refractivity contribution is 6.68. The smallest absolute Gasteiger partial charge is 0.402 e. The first-order chi connectivity index (χ1) is 22.1. The number of ether oxygens (including phenoxy) is 1. The van der Waals surface area contributed by atoms with Crippen molar-refractivity contribution in [3.8, 4) is 17.4 Å². The summed E-state index contributed by atoms with van der Waals surface area (Å²) < 4.78 is 157. The normalized spacial score (nSPS) is 12.4. The second-order valence-corrected chi connectivity index (χ2v) is 9.75. The molecule has 0 aliphatic rings. The van der Waals surface area contributed by atoms with Gasteiger partial charge in [-0.1, -0.05) is 18.2 Å². The Morgan fingerprint density at radius 2 is 1.31 bits per heavy atom. The summed E-state index contributed by atoms with van der Waals surface area (Å²) in [5.74, 6) is -1.44. The van der Waals surface area contributed by atoms with E-state index in [0.29, 0.717) is 34.7 Å². The van der Waals surface area contributed by atoms with Crippen LogP contribution in [-0.4, -0.2) is 31.4 Å². The fraction of sp³-hybridized carbons (Fsp3) is 0.143. The standard InChI is InChI=1S/C19H10F6N4O2.C9H3ClF6O/c20-18(21,22)10-5-9(6-11(7-10)19(23,24)25)17(30)31-15-8-14(28-29-15)16-26-12-3-1-2-4-13(12)27-16;10-7(17)4-2-1-3-5(8(11,12)13)6(4)9(14,15)16/h1-8H,(H,26,27)(H,28,29);1-3H. The van der Waals surface area contributed by atoms with E-state index < -0.39 is 69.3 Å². The van der Waals surface area contributed by atoms with Gasteiger partial charge in [0.1, 0.15) is 5.69 Å². The molecule has 0 saturated carbocycles. The van der Waals surface area contributed by atoms with Crippen molar-refractivity contribution in [1.29, 1.82) is 0 Å². The number of esters is 1. The summed E-state index contributed by atoms with van der Waals surface area (Å²) in [6, 6.07) is 10.3. The van der Waals surface area contributed by atoms with Gasteiger partial charge in [0.25, 0.3) is 5.24 Å². The highest BCUT2D eigenvalue weighted by Gasteiger charge is 2.45. The van der Waals surface area contributed by atoms with Crippen molar-refractivity contribution in [3.05, 3.63) is 100 Å². The third-order valence-corrected chi connectivity index (χ3v) is 6.29. The quantitative estimate of drug-likeness (QED) is 0.110. The van der Waals surface area contributed by atoms with Crippen molar-refractivity contribution < 1.29 is 67.0 Å². The molecule has 2 heterocycles. The van der Waals surface area contributed by atoms with E-state index in [1.807, 2.05) is 0 Å².